The minimum Gasteiger partial charge on any atom is -0.397 e. The van der Waals surface area contributed by atoms with Gasteiger partial charge in [-0.05, 0) is 48.9 Å². The number of nitrogens with one attached hydrogen (secondary N) is 1. The van der Waals surface area contributed by atoms with E-state index < -0.39 is 10.0 Å². The summed E-state index contributed by atoms with van der Waals surface area (Å²) in [6, 6.07) is 12.7. The van der Waals surface area contributed by atoms with Crippen LogP contribution in [0.2, 0.25) is 0 Å². The van der Waals surface area contributed by atoms with E-state index in [9.17, 15) is 8.42 Å². The molecule has 0 bridgehead atoms. The van der Waals surface area contributed by atoms with Crippen LogP contribution in [0.15, 0.2) is 47.4 Å². The molecular formula is C14H13N3O2S. The van der Waals surface area contributed by atoms with Gasteiger partial charge in [-0.25, -0.2) is 8.42 Å². The lowest BCUT2D eigenvalue weighted by atomic mass is 10.2. The van der Waals surface area contributed by atoms with Crippen LogP contribution in [-0.4, -0.2) is 8.42 Å². The van der Waals surface area contributed by atoms with Gasteiger partial charge in [0.15, 0.2) is 0 Å². The van der Waals surface area contributed by atoms with Gasteiger partial charge in [-0.2, -0.15) is 5.26 Å². The van der Waals surface area contributed by atoms with Crippen molar-refractivity contribution < 1.29 is 8.42 Å². The highest BCUT2D eigenvalue weighted by Gasteiger charge is 2.15. The quantitative estimate of drug-likeness (QED) is 0.846. The number of anilines is 2. The first-order chi connectivity index (χ1) is 9.42. The number of aryl methyl sites for hydroxylation is 1. The largest absolute Gasteiger partial charge is 0.397 e. The summed E-state index contributed by atoms with van der Waals surface area (Å²) in [5.41, 5.74) is 7.83. The predicted octanol–water partition coefficient (Wildman–Crippen LogP) is 2.25. The Morgan fingerprint density at radius 2 is 1.80 bits per heavy atom. The van der Waals surface area contributed by atoms with E-state index in [2.05, 4.69) is 4.72 Å². The number of nitrogens with two attached hydrogens (primary N) is 1. The van der Waals surface area contributed by atoms with Gasteiger partial charge in [0.1, 0.15) is 0 Å². The summed E-state index contributed by atoms with van der Waals surface area (Å²) in [5, 5.41) is 8.70. The maximum Gasteiger partial charge on any atom is 0.261 e. The molecule has 2 rings (SSSR count). The fraction of sp³-hybridized carbons (Fsp3) is 0.0714. The lowest BCUT2D eigenvalue weighted by Gasteiger charge is -2.10. The average molecular weight is 287 g/mol. The number of benzene rings is 2. The Morgan fingerprint density at radius 1 is 1.15 bits per heavy atom. The minimum atomic E-state index is -3.71. The first-order valence-electron chi connectivity index (χ1n) is 5.81. The Balaban J connectivity index is 2.33. The van der Waals surface area contributed by atoms with E-state index in [1.165, 1.54) is 24.3 Å². The first kappa shape index (κ1) is 13.9. The number of hydrogen-bond acceptors (Lipinski definition) is 4. The van der Waals surface area contributed by atoms with Crippen LogP contribution < -0.4 is 10.5 Å². The van der Waals surface area contributed by atoms with Crippen molar-refractivity contribution in [3.05, 3.63) is 53.6 Å². The molecule has 0 heterocycles. The van der Waals surface area contributed by atoms with Crippen molar-refractivity contribution in [1.29, 1.82) is 5.26 Å². The second-order valence-electron chi connectivity index (χ2n) is 4.33. The average Bonchev–Trinajstić information content (AvgIpc) is 2.42. The first-order valence-corrected chi connectivity index (χ1v) is 7.30. The number of rotatable bonds is 3. The summed E-state index contributed by atoms with van der Waals surface area (Å²) in [5.74, 6) is 0. The van der Waals surface area contributed by atoms with E-state index in [0.29, 0.717) is 16.9 Å². The zero-order chi connectivity index (χ0) is 14.8. The number of nitriles is 1. The minimum absolute atomic E-state index is 0.0801. The fourth-order valence-corrected chi connectivity index (χ4v) is 2.78. The third-order valence-electron chi connectivity index (χ3n) is 2.75. The van der Waals surface area contributed by atoms with Gasteiger partial charge in [0.2, 0.25) is 0 Å². The molecular weight excluding hydrogens is 274 g/mol. The topological polar surface area (TPSA) is 96.0 Å². The van der Waals surface area contributed by atoms with E-state index in [0.717, 1.165) is 5.56 Å². The van der Waals surface area contributed by atoms with E-state index >= 15 is 0 Å². The molecule has 0 saturated carbocycles. The Labute approximate surface area is 117 Å². The van der Waals surface area contributed by atoms with Crippen LogP contribution in [0.25, 0.3) is 0 Å². The van der Waals surface area contributed by atoms with E-state index in [4.69, 9.17) is 11.0 Å². The third kappa shape index (κ3) is 2.90. The SMILES string of the molecule is Cc1ccc(NS(=O)(=O)c2ccc(C#N)cc2)c(N)c1. The van der Waals surface area contributed by atoms with Gasteiger partial charge in [0, 0.05) is 0 Å². The zero-order valence-electron chi connectivity index (χ0n) is 10.8. The van der Waals surface area contributed by atoms with Crippen LogP contribution in [0, 0.1) is 18.3 Å². The Morgan fingerprint density at radius 3 is 2.35 bits per heavy atom. The maximum atomic E-state index is 12.2. The summed E-state index contributed by atoms with van der Waals surface area (Å²) >= 11 is 0. The second-order valence-corrected chi connectivity index (χ2v) is 6.01. The normalized spacial score (nSPS) is 10.8. The monoisotopic (exact) mass is 287 g/mol. The predicted molar refractivity (Wildman–Crippen MR) is 77.6 cm³/mol. The molecule has 0 fully saturated rings. The van der Waals surface area contributed by atoms with Gasteiger partial charge < -0.3 is 5.73 Å². The van der Waals surface area contributed by atoms with Crippen LogP contribution in [0.3, 0.4) is 0 Å². The molecule has 0 spiro atoms. The molecule has 0 atom stereocenters. The van der Waals surface area contributed by atoms with Crippen molar-refractivity contribution >= 4 is 21.4 Å². The van der Waals surface area contributed by atoms with Gasteiger partial charge in [-0.1, -0.05) is 6.07 Å². The highest BCUT2D eigenvalue weighted by molar-refractivity contribution is 7.92. The van der Waals surface area contributed by atoms with Crippen molar-refractivity contribution in [2.75, 3.05) is 10.5 Å². The fourth-order valence-electron chi connectivity index (χ4n) is 1.69. The van der Waals surface area contributed by atoms with Crippen molar-refractivity contribution in [3.8, 4) is 6.07 Å². The van der Waals surface area contributed by atoms with E-state index in [1.54, 1.807) is 18.2 Å². The van der Waals surface area contributed by atoms with Gasteiger partial charge >= 0.3 is 0 Å². The molecule has 6 heteroatoms. The molecule has 2 aromatic carbocycles. The Bertz CT molecular complexity index is 775. The molecule has 0 saturated heterocycles. The second kappa shape index (κ2) is 5.23. The summed E-state index contributed by atoms with van der Waals surface area (Å²) in [6.45, 7) is 1.87. The molecule has 5 nitrogen and oxygen atoms in total. The van der Waals surface area contributed by atoms with Crippen molar-refractivity contribution in [3.63, 3.8) is 0 Å². The number of nitrogen functional groups attached to an aromatic ring is 1. The van der Waals surface area contributed by atoms with Crippen LogP contribution >= 0.6 is 0 Å². The smallest absolute Gasteiger partial charge is 0.261 e. The highest BCUT2D eigenvalue weighted by atomic mass is 32.2. The van der Waals surface area contributed by atoms with Gasteiger partial charge in [0.25, 0.3) is 10.0 Å². The van der Waals surface area contributed by atoms with Gasteiger partial charge in [-0.3, -0.25) is 4.72 Å². The van der Waals surface area contributed by atoms with Crippen molar-refractivity contribution in [2.24, 2.45) is 0 Å². The lowest BCUT2D eigenvalue weighted by Crippen LogP contribution is -2.14. The standard InChI is InChI=1S/C14H13N3O2S/c1-10-2-7-14(13(16)8-10)17-20(18,19)12-5-3-11(9-15)4-6-12/h2-8,17H,16H2,1H3. The molecule has 0 amide bonds. The van der Waals surface area contributed by atoms with Crippen LogP contribution in [0.1, 0.15) is 11.1 Å². The Kier molecular flexibility index (Phi) is 3.63. The van der Waals surface area contributed by atoms with E-state index in [-0.39, 0.29) is 4.90 Å². The van der Waals surface area contributed by atoms with Crippen molar-refractivity contribution in [2.45, 2.75) is 11.8 Å². The molecule has 3 N–H and O–H groups in total. The molecule has 0 unspecified atom stereocenters. The maximum absolute atomic E-state index is 12.2. The van der Waals surface area contributed by atoms with Crippen LogP contribution in [0.4, 0.5) is 11.4 Å². The van der Waals surface area contributed by atoms with Gasteiger partial charge in [-0.15, -0.1) is 0 Å². The molecule has 102 valence electrons. The number of hydrogen-bond donors (Lipinski definition) is 2. The van der Waals surface area contributed by atoms with Crippen molar-refractivity contribution in [1.82, 2.24) is 0 Å². The molecule has 0 aliphatic rings. The number of sulfonamides is 1. The third-order valence-corrected chi connectivity index (χ3v) is 4.13. The van der Waals surface area contributed by atoms with Crippen LogP contribution in [0.5, 0.6) is 0 Å². The molecule has 0 aliphatic carbocycles. The zero-order valence-corrected chi connectivity index (χ0v) is 11.6. The van der Waals surface area contributed by atoms with E-state index in [1.807, 2.05) is 13.0 Å². The molecule has 0 aromatic heterocycles. The molecule has 0 aliphatic heterocycles. The highest BCUT2D eigenvalue weighted by Crippen LogP contribution is 2.23. The molecule has 20 heavy (non-hydrogen) atoms. The van der Waals surface area contributed by atoms with Crippen LogP contribution in [-0.2, 0) is 10.0 Å². The molecule has 2 aromatic rings. The summed E-state index contributed by atoms with van der Waals surface area (Å²) in [4.78, 5) is 0.0801. The lowest BCUT2D eigenvalue weighted by molar-refractivity contribution is 0.601. The number of nitrogens with zero attached hydrogens (tertiary/aromatic N) is 1. The summed E-state index contributed by atoms with van der Waals surface area (Å²) in [6.07, 6.45) is 0. The Hall–Kier alpha value is -2.52. The summed E-state index contributed by atoms with van der Waals surface area (Å²) in [7, 11) is -3.71. The molecule has 0 radical (unpaired) electrons. The van der Waals surface area contributed by atoms with Gasteiger partial charge in [0.05, 0.1) is 27.9 Å². The summed E-state index contributed by atoms with van der Waals surface area (Å²) < 4.78 is 26.8.